The fraction of sp³-hybridized carbons (Fsp3) is 0.333. The highest BCUT2D eigenvalue weighted by Gasteiger charge is 2.14. The molecular weight excluding hydrogens is 248 g/mol. The Kier molecular flexibility index (Phi) is 6.00. The SMILES string of the molecule is Cc1cccnc1NC(=O)C(=O)NCCCNC=O. The molecule has 0 atom stereocenters. The predicted molar refractivity (Wildman–Crippen MR) is 69.3 cm³/mol. The number of anilines is 1. The van der Waals surface area contributed by atoms with Gasteiger partial charge in [0.15, 0.2) is 0 Å². The summed E-state index contributed by atoms with van der Waals surface area (Å²) in [7, 11) is 0. The molecule has 0 bridgehead atoms. The first-order valence-electron chi connectivity index (χ1n) is 5.83. The van der Waals surface area contributed by atoms with Crippen LogP contribution in [0.15, 0.2) is 18.3 Å². The first kappa shape index (κ1) is 14.6. The average molecular weight is 264 g/mol. The molecular formula is C12H16N4O3. The van der Waals surface area contributed by atoms with E-state index in [1.54, 1.807) is 19.1 Å². The Balaban J connectivity index is 2.35. The summed E-state index contributed by atoms with van der Waals surface area (Å²) in [5, 5.41) is 7.33. The summed E-state index contributed by atoms with van der Waals surface area (Å²) in [6.45, 7) is 2.55. The maximum absolute atomic E-state index is 11.5. The largest absolute Gasteiger partial charge is 0.359 e. The topological polar surface area (TPSA) is 100 Å². The summed E-state index contributed by atoms with van der Waals surface area (Å²) in [5.41, 5.74) is 0.777. The number of rotatable bonds is 6. The van der Waals surface area contributed by atoms with Crippen LogP contribution >= 0.6 is 0 Å². The van der Waals surface area contributed by atoms with Gasteiger partial charge in [-0.05, 0) is 25.0 Å². The standard InChI is InChI=1S/C12H16N4O3/c1-9-4-2-6-14-10(9)16-12(19)11(18)15-7-3-5-13-8-17/h2,4,6,8H,3,5,7H2,1H3,(H,13,17)(H,15,18)(H,14,16,19). The lowest BCUT2D eigenvalue weighted by molar-refractivity contribution is -0.136. The molecule has 102 valence electrons. The van der Waals surface area contributed by atoms with Gasteiger partial charge in [0, 0.05) is 19.3 Å². The molecule has 3 N–H and O–H groups in total. The Bertz CT molecular complexity index is 462. The van der Waals surface area contributed by atoms with Gasteiger partial charge in [0.2, 0.25) is 6.41 Å². The van der Waals surface area contributed by atoms with Gasteiger partial charge in [0.05, 0.1) is 0 Å². The van der Waals surface area contributed by atoms with Crippen LogP contribution in [-0.2, 0) is 14.4 Å². The molecule has 3 amide bonds. The van der Waals surface area contributed by atoms with E-state index in [0.29, 0.717) is 31.7 Å². The van der Waals surface area contributed by atoms with E-state index in [1.165, 1.54) is 6.20 Å². The van der Waals surface area contributed by atoms with Crippen molar-refractivity contribution in [3.63, 3.8) is 0 Å². The molecule has 0 fully saturated rings. The van der Waals surface area contributed by atoms with Gasteiger partial charge in [-0.25, -0.2) is 4.98 Å². The van der Waals surface area contributed by atoms with Crippen LogP contribution in [0.1, 0.15) is 12.0 Å². The maximum atomic E-state index is 11.5. The zero-order valence-electron chi connectivity index (χ0n) is 10.6. The smallest absolute Gasteiger partial charge is 0.314 e. The third kappa shape index (κ3) is 5.15. The van der Waals surface area contributed by atoms with Gasteiger partial charge in [-0.3, -0.25) is 14.4 Å². The lowest BCUT2D eigenvalue weighted by Crippen LogP contribution is -2.37. The molecule has 0 saturated heterocycles. The number of hydrogen-bond donors (Lipinski definition) is 3. The summed E-state index contributed by atoms with van der Waals surface area (Å²) in [6, 6.07) is 3.52. The Morgan fingerprint density at radius 3 is 2.79 bits per heavy atom. The van der Waals surface area contributed by atoms with Crippen LogP contribution in [0.3, 0.4) is 0 Å². The molecule has 0 aliphatic carbocycles. The van der Waals surface area contributed by atoms with Crippen molar-refractivity contribution in [1.29, 1.82) is 0 Å². The normalized spacial score (nSPS) is 9.53. The van der Waals surface area contributed by atoms with Crippen LogP contribution in [0.2, 0.25) is 0 Å². The highest BCUT2D eigenvalue weighted by Crippen LogP contribution is 2.08. The number of amides is 3. The van der Waals surface area contributed by atoms with Gasteiger partial charge in [-0.15, -0.1) is 0 Å². The van der Waals surface area contributed by atoms with Gasteiger partial charge in [-0.1, -0.05) is 6.07 Å². The van der Waals surface area contributed by atoms with Gasteiger partial charge >= 0.3 is 11.8 Å². The van der Waals surface area contributed by atoms with Crippen LogP contribution in [0.25, 0.3) is 0 Å². The van der Waals surface area contributed by atoms with E-state index in [1.807, 2.05) is 0 Å². The molecule has 19 heavy (non-hydrogen) atoms. The lowest BCUT2D eigenvalue weighted by atomic mass is 10.3. The Hall–Kier alpha value is -2.44. The summed E-state index contributed by atoms with van der Waals surface area (Å²) >= 11 is 0. The van der Waals surface area contributed by atoms with Crippen LogP contribution in [0, 0.1) is 6.92 Å². The molecule has 0 radical (unpaired) electrons. The molecule has 0 aliphatic rings. The van der Waals surface area contributed by atoms with E-state index >= 15 is 0 Å². The third-order valence-electron chi connectivity index (χ3n) is 2.31. The van der Waals surface area contributed by atoms with Crippen molar-refractivity contribution in [3.8, 4) is 0 Å². The second-order valence-electron chi connectivity index (χ2n) is 3.80. The number of carbonyl (C=O) groups is 3. The second kappa shape index (κ2) is 7.80. The van der Waals surface area contributed by atoms with E-state index in [2.05, 4.69) is 20.9 Å². The van der Waals surface area contributed by atoms with E-state index in [-0.39, 0.29) is 0 Å². The van der Waals surface area contributed by atoms with Crippen molar-refractivity contribution in [1.82, 2.24) is 15.6 Å². The molecule has 1 aromatic heterocycles. The molecule has 0 unspecified atom stereocenters. The second-order valence-corrected chi connectivity index (χ2v) is 3.80. The summed E-state index contributed by atoms with van der Waals surface area (Å²) in [6.07, 6.45) is 2.67. The summed E-state index contributed by atoms with van der Waals surface area (Å²) in [4.78, 5) is 36.9. The number of pyridine rings is 1. The lowest BCUT2D eigenvalue weighted by Gasteiger charge is -2.07. The fourth-order valence-corrected chi connectivity index (χ4v) is 1.31. The van der Waals surface area contributed by atoms with Gasteiger partial charge in [0.1, 0.15) is 5.82 Å². The maximum Gasteiger partial charge on any atom is 0.314 e. The van der Waals surface area contributed by atoms with Crippen molar-refractivity contribution in [3.05, 3.63) is 23.9 Å². The van der Waals surface area contributed by atoms with Gasteiger partial charge < -0.3 is 16.0 Å². The summed E-state index contributed by atoms with van der Waals surface area (Å²) in [5.74, 6) is -1.12. The van der Waals surface area contributed by atoms with Crippen molar-refractivity contribution >= 4 is 24.0 Å². The minimum Gasteiger partial charge on any atom is -0.359 e. The summed E-state index contributed by atoms with van der Waals surface area (Å²) < 4.78 is 0. The van der Waals surface area contributed by atoms with Crippen LogP contribution in [0.5, 0.6) is 0 Å². The molecule has 0 saturated carbocycles. The minimum atomic E-state index is -0.759. The molecule has 0 aromatic carbocycles. The van der Waals surface area contributed by atoms with E-state index in [4.69, 9.17) is 0 Å². The number of nitrogens with one attached hydrogen (secondary N) is 3. The monoisotopic (exact) mass is 264 g/mol. The molecule has 0 aliphatic heterocycles. The number of carbonyl (C=O) groups excluding carboxylic acids is 3. The van der Waals surface area contributed by atoms with Crippen molar-refractivity contribution in [2.45, 2.75) is 13.3 Å². The minimum absolute atomic E-state index is 0.314. The van der Waals surface area contributed by atoms with Gasteiger partial charge in [0.25, 0.3) is 0 Å². The molecule has 1 heterocycles. The van der Waals surface area contributed by atoms with Gasteiger partial charge in [-0.2, -0.15) is 0 Å². The molecule has 7 nitrogen and oxygen atoms in total. The fourth-order valence-electron chi connectivity index (χ4n) is 1.31. The zero-order chi connectivity index (χ0) is 14.1. The quantitative estimate of drug-likeness (QED) is 0.369. The number of aromatic nitrogens is 1. The molecule has 0 spiro atoms. The Labute approximate surface area is 110 Å². The number of hydrogen-bond acceptors (Lipinski definition) is 4. The highest BCUT2D eigenvalue weighted by molar-refractivity contribution is 6.39. The van der Waals surface area contributed by atoms with Crippen LogP contribution in [-0.4, -0.2) is 36.3 Å². The average Bonchev–Trinajstić information content (AvgIpc) is 2.41. The Morgan fingerprint density at radius 2 is 2.11 bits per heavy atom. The first-order chi connectivity index (χ1) is 9.15. The van der Waals surface area contributed by atoms with E-state index in [9.17, 15) is 14.4 Å². The predicted octanol–water partition coefficient (Wildman–Crippen LogP) is -0.419. The molecule has 1 aromatic rings. The van der Waals surface area contributed by atoms with Crippen LogP contribution < -0.4 is 16.0 Å². The van der Waals surface area contributed by atoms with Crippen molar-refractivity contribution in [2.75, 3.05) is 18.4 Å². The first-order valence-corrected chi connectivity index (χ1v) is 5.83. The van der Waals surface area contributed by atoms with E-state index < -0.39 is 11.8 Å². The van der Waals surface area contributed by atoms with Crippen LogP contribution in [0.4, 0.5) is 5.82 Å². The third-order valence-corrected chi connectivity index (χ3v) is 2.31. The molecule has 7 heteroatoms. The zero-order valence-corrected chi connectivity index (χ0v) is 10.6. The number of aryl methyl sites for hydroxylation is 1. The number of nitrogens with zero attached hydrogens (tertiary/aromatic N) is 1. The van der Waals surface area contributed by atoms with Crippen molar-refractivity contribution in [2.24, 2.45) is 0 Å². The Morgan fingerprint density at radius 1 is 1.32 bits per heavy atom. The highest BCUT2D eigenvalue weighted by atomic mass is 16.2. The molecule has 1 rings (SSSR count). The van der Waals surface area contributed by atoms with Crippen molar-refractivity contribution < 1.29 is 14.4 Å². The van der Waals surface area contributed by atoms with E-state index in [0.717, 1.165) is 5.56 Å².